The van der Waals surface area contributed by atoms with Crippen molar-refractivity contribution in [2.24, 2.45) is 0 Å². The fourth-order valence-electron chi connectivity index (χ4n) is 2.28. The van der Waals surface area contributed by atoms with Gasteiger partial charge >= 0.3 is 59.1 Å². The van der Waals surface area contributed by atoms with Crippen molar-refractivity contribution in [3.63, 3.8) is 0 Å². The monoisotopic (exact) mass is 386 g/mol. The van der Waals surface area contributed by atoms with Crippen LogP contribution in [0.1, 0.15) is 5.56 Å². The third-order valence-electron chi connectivity index (χ3n) is 3.21. The van der Waals surface area contributed by atoms with Crippen LogP contribution in [0, 0.1) is 0 Å². The smallest absolute Gasteiger partial charge is 0.744 e. The molecule has 0 bridgehead atoms. The van der Waals surface area contributed by atoms with Crippen LogP contribution < -0.4 is 63.4 Å². The Morgan fingerprint density at radius 3 is 2.33 bits per heavy atom. The summed E-state index contributed by atoms with van der Waals surface area (Å²) in [5.41, 5.74) is 0.668. The molecule has 0 fully saturated rings. The van der Waals surface area contributed by atoms with Crippen LogP contribution in [0.5, 0.6) is 0 Å². The molecule has 0 atom stereocenters. The van der Waals surface area contributed by atoms with Gasteiger partial charge in [-0.05, 0) is 6.07 Å². The van der Waals surface area contributed by atoms with Crippen molar-refractivity contribution in [3.8, 4) is 0 Å². The molecule has 2 aromatic rings. The van der Waals surface area contributed by atoms with Crippen LogP contribution in [-0.2, 0) is 20.4 Å². The van der Waals surface area contributed by atoms with Crippen molar-refractivity contribution in [1.29, 1.82) is 0 Å². The van der Waals surface area contributed by atoms with E-state index in [1.807, 2.05) is 0 Å². The van der Waals surface area contributed by atoms with E-state index in [2.05, 4.69) is 4.98 Å². The minimum Gasteiger partial charge on any atom is -0.744 e. The predicted octanol–water partition coefficient (Wildman–Crippen LogP) is -5.56. The summed E-state index contributed by atoms with van der Waals surface area (Å²) in [5, 5.41) is 0.250. The summed E-state index contributed by atoms with van der Waals surface area (Å²) >= 11 is 0. The first-order chi connectivity index (χ1) is 10.2. The molecule has 0 N–H and O–H groups in total. The number of hydrogen-bond donors (Lipinski definition) is 0. The molecule has 0 radical (unpaired) electrons. The van der Waals surface area contributed by atoms with Crippen molar-refractivity contribution in [1.82, 2.24) is 4.98 Å². The van der Waals surface area contributed by atoms with Crippen molar-refractivity contribution in [2.45, 2.75) is 4.90 Å². The Kier molecular flexibility index (Phi) is 7.07. The van der Waals surface area contributed by atoms with E-state index in [0.29, 0.717) is 9.87 Å². The van der Waals surface area contributed by atoms with Gasteiger partial charge in [-0.25, -0.2) is 16.8 Å². The van der Waals surface area contributed by atoms with Gasteiger partial charge < -0.3 is 9.11 Å². The van der Waals surface area contributed by atoms with Crippen LogP contribution in [0.3, 0.4) is 0 Å². The summed E-state index contributed by atoms with van der Waals surface area (Å²) in [5.74, 6) is 0. The topological polar surface area (TPSA) is 131 Å². The molecule has 3 rings (SSSR count). The molecule has 1 aromatic carbocycles. The Labute approximate surface area is 183 Å². The molecule has 8 nitrogen and oxygen atoms in total. The molecule has 0 unspecified atom stereocenters. The summed E-state index contributed by atoms with van der Waals surface area (Å²) in [7, 11) is -9.43. The third kappa shape index (κ3) is 4.21. The average molecular weight is 386 g/mol. The summed E-state index contributed by atoms with van der Waals surface area (Å²) in [6, 6.07) is 4.12. The predicted molar refractivity (Wildman–Crippen MR) is 75.8 cm³/mol. The SMILES string of the molecule is O=S(=O)([O-])c1cnc2c3c(ccc2c1)C=CCN3S(=O)(=O)[O-].[Na+].[Na+]. The molecular weight excluding hydrogens is 378 g/mol. The number of aromatic nitrogens is 1. The maximum absolute atomic E-state index is 11.4. The van der Waals surface area contributed by atoms with Crippen molar-refractivity contribution in [3.05, 3.63) is 36.0 Å². The van der Waals surface area contributed by atoms with E-state index in [9.17, 15) is 25.9 Å². The van der Waals surface area contributed by atoms with E-state index in [4.69, 9.17) is 0 Å². The van der Waals surface area contributed by atoms with Crippen LogP contribution in [-0.4, -0.2) is 37.5 Å². The maximum Gasteiger partial charge on any atom is 1.00 e. The zero-order valence-electron chi connectivity index (χ0n) is 12.8. The molecule has 1 aliphatic heterocycles. The molecule has 1 aromatic heterocycles. The molecule has 0 spiro atoms. The normalized spacial score (nSPS) is 13.8. The molecule has 0 saturated heterocycles. The van der Waals surface area contributed by atoms with Gasteiger partial charge in [0.05, 0.1) is 22.6 Å². The van der Waals surface area contributed by atoms with Crippen LogP contribution in [0.25, 0.3) is 17.0 Å². The van der Waals surface area contributed by atoms with Gasteiger partial charge in [0.1, 0.15) is 10.1 Å². The molecule has 2 heterocycles. The first-order valence-corrected chi connectivity index (χ1v) is 8.74. The Morgan fingerprint density at radius 2 is 1.75 bits per heavy atom. The van der Waals surface area contributed by atoms with E-state index < -0.39 is 25.3 Å². The Morgan fingerprint density at radius 1 is 1.08 bits per heavy atom. The van der Waals surface area contributed by atoms with Crippen LogP contribution in [0.4, 0.5) is 5.69 Å². The van der Waals surface area contributed by atoms with Gasteiger partial charge in [-0.1, -0.05) is 24.3 Å². The number of hydrogen-bond acceptors (Lipinski definition) is 7. The van der Waals surface area contributed by atoms with Crippen LogP contribution in [0.2, 0.25) is 0 Å². The van der Waals surface area contributed by atoms with Gasteiger partial charge in [0.2, 0.25) is 0 Å². The van der Waals surface area contributed by atoms with Crippen molar-refractivity contribution in [2.75, 3.05) is 10.8 Å². The van der Waals surface area contributed by atoms with Crippen LogP contribution >= 0.6 is 0 Å². The van der Waals surface area contributed by atoms with E-state index in [1.165, 1.54) is 18.2 Å². The maximum atomic E-state index is 11.4. The Balaban J connectivity index is 0.00000144. The van der Waals surface area contributed by atoms with Gasteiger partial charge in [-0.3, -0.25) is 9.29 Å². The molecule has 116 valence electrons. The number of anilines is 1. The second-order valence-corrected chi connectivity index (χ2v) is 7.27. The molecule has 1 aliphatic rings. The standard InChI is InChI=1S/C12H10N2O6S2.2Na/c15-21(16,17)10-6-9-4-3-8-2-1-5-14(22(18,19)20)12(8)11(9)13-7-10;;/h1-4,6-7H,5H2,(H,15,16,17)(H,18,19,20);;/q;2*+1/p-2. The molecule has 0 saturated carbocycles. The molecule has 12 heteroatoms. The molecule has 24 heavy (non-hydrogen) atoms. The third-order valence-corrected chi connectivity index (χ3v) is 4.88. The second-order valence-electron chi connectivity index (χ2n) is 4.59. The summed E-state index contributed by atoms with van der Waals surface area (Å²) in [6.07, 6.45) is 4.00. The molecule has 0 amide bonds. The number of nitrogens with zero attached hydrogens (tertiary/aromatic N) is 2. The summed E-state index contributed by atoms with van der Waals surface area (Å²) in [4.78, 5) is 3.34. The number of pyridine rings is 1. The van der Waals surface area contributed by atoms with Crippen molar-refractivity contribution >= 4 is 43.1 Å². The van der Waals surface area contributed by atoms with Gasteiger partial charge in [-0.2, -0.15) is 0 Å². The van der Waals surface area contributed by atoms with Gasteiger partial charge in [0, 0.05) is 17.1 Å². The van der Waals surface area contributed by atoms with Gasteiger partial charge in [-0.15, -0.1) is 0 Å². The van der Waals surface area contributed by atoms with E-state index in [-0.39, 0.29) is 82.2 Å². The Bertz CT molecular complexity index is 1020. The number of fused-ring (bicyclic) bond motifs is 3. The number of benzene rings is 1. The van der Waals surface area contributed by atoms with Crippen LogP contribution in [0.15, 0.2) is 35.4 Å². The summed E-state index contributed by atoms with van der Waals surface area (Å²) in [6.45, 7) is -0.138. The Hall–Kier alpha value is -0.01000. The second kappa shape index (κ2) is 7.70. The summed E-state index contributed by atoms with van der Waals surface area (Å²) < 4.78 is 67.9. The minimum absolute atomic E-state index is 0. The zero-order chi connectivity index (χ0) is 16.1. The average Bonchev–Trinajstić information content (AvgIpc) is 2.43. The first kappa shape index (κ1) is 22.0. The largest absolute Gasteiger partial charge is 1.00 e. The van der Waals surface area contributed by atoms with Gasteiger partial charge in [0.25, 0.3) is 0 Å². The van der Waals surface area contributed by atoms with Gasteiger partial charge in [0.15, 0.2) is 10.3 Å². The quantitative estimate of drug-likeness (QED) is 0.372. The fourth-order valence-corrected chi connectivity index (χ4v) is 3.42. The van der Waals surface area contributed by atoms with E-state index in [1.54, 1.807) is 6.08 Å². The number of rotatable bonds is 2. The minimum atomic E-state index is -4.76. The first-order valence-electron chi connectivity index (χ1n) is 5.97. The zero-order valence-corrected chi connectivity index (χ0v) is 18.5. The van der Waals surface area contributed by atoms with E-state index >= 15 is 0 Å². The van der Waals surface area contributed by atoms with E-state index in [0.717, 1.165) is 12.3 Å². The molecular formula is C12H8N2Na2O6S2. The van der Waals surface area contributed by atoms with Crippen molar-refractivity contribution < 1.29 is 85.1 Å². The fraction of sp³-hybridized carbons (Fsp3) is 0.0833. The molecule has 0 aliphatic carbocycles.